The third-order valence-electron chi connectivity index (χ3n) is 1.86. The van der Waals surface area contributed by atoms with Gasteiger partial charge in [-0.3, -0.25) is 0 Å². The molecular formula is C9H15FO2. The maximum Gasteiger partial charge on any atom is 0.141 e. The molecule has 0 aromatic carbocycles. The van der Waals surface area contributed by atoms with Gasteiger partial charge < -0.3 is 9.47 Å². The van der Waals surface area contributed by atoms with Crippen LogP contribution < -0.4 is 0 Å². The minimum Gasteiger partial charge on any atom is -0.376 e. The molecule has 1 saturated heterocycles. The Balaban J connectivity index is 1.97. The van der Waals surface area contributed by atoms with Crippen molar-refractivity contribution in [1.82, 2.24) is 0 Å². The monoisotopic (exact) mass is 174 g/mol. The molecule has 0 aromatic rings. The van der Waals surface area contributed by atoms with Crippen molar-refractivity contribution in [2.75, 3.05) is 19.8 Å². The van der Waals surface area contributed by atoms with Crippen LogP contribution in [0.1, 0.15) is 12.8 Å². The number of alkyl halides is 1. The summed E-state index contributed by atoms with van der Waals surface area (Å²) in [4.78, 5) is 0. The molecule has 0 amide bonds. The summed E-state index contributed by atoms with van der Waals surface area (Å²) in [5.41, 5.74) is 0. The van der Waals surface area contributed by atoms with Crippen molar-refractivity contribution < 1.29 is 13.9 Å². The first kappa shape index (κ1) is 9.68. The van der Waals surface area contributed by atoms with Crippen LogP contribution in [0.2, 0.25) is 0 Å². The second kappa shape index (κ2) is 5.27. The van der Waals surface area contributed by atoms with Gasteiger partial charge in [-0.05, 0) is 12.8 Å². The first-order valence-corrected chi connectivity index (χ1v) is 4.29. The van der Waals surface area contributed by atoms with E-state index in [1.54, 1.807) is 0 Å². The van der Waals surface area contributed by atoms with E-state index in [9.17, 15) is 4.39 Å². The zero-order valence-electron chi connectivity index (χ0n) is 7.17. The zero-order valence-corrected chi connectivity index (χ0v) is 7.17. The molecule has 1 fully saturated rings. The van der Waals surface area contributed by atoms with Gasteiger partial charge in [0.1, 0.15) is 6.17 Å². The predicted molar refractivity (Wildman–Crippen MR) is 44.9 cm³/mol. The minimum atomic E-state index is -1.05. The fourth-order valence-electron chi connectivity index (χ4n) is 1.16. The van der Waals surface area contributed by atoms with E-state index in [0.717, 1.165) is 19.4 Å². The number of hydrogen-bond donors (Lipinski definition) is 0. The SMILES string of the molecule is C=CC(F)COCC1CCCO1. The Morgan fingerprint density at radius 3 is 3.17 bits per heavy atom. The van der Waals surface area contributed by atoms with Gasteiger partial charge in [-0.25, -0.2) is 4.39 Å². The summed E-state index contributed by atoms with van der Waals surface area (Å²) in [7, 11) is 0. The largest absolute Gasteiger partial charge is 0.376 e. The van der Waals surface area contributed by atoms with Crippen molar-refractivity contribution in [2.24, 2.45) is 0 Å². The molecule has 2 nitrogen and oxygen atoms in total. The molecule has 0 spiro atoms. The molecule has 0 bridgehead atoms. The van der Waals surface area contributed by atoms with Crippen LogP contribution in [0, 0.1) is 0 Å². The summed E-state index contributed by atoms with van der Waals surface area (Å²) < 4.78 is 22.9. The molecular weight excluding hydrogens is 159 g/mol. The summed E-state index contributed by atoms with van der Waals surface area (Å²) in [6.07, 6.45) is 2.50. The summed E-state index contributed by atoms with van der Waals surface area (Å²) in [6.45, 7) is 4.75. The quantitative estimate of drug-likeness (QED) is 0.591. The number of ether oxygens (including phenoxy) is 2. The second-order valence-electron chi connectivity index (χ2n) is 2.92. The normalized spacial score (nSPS) is 25.6. The molecule has 0 aliphatic carbocycles. The van der Waals surface area contributed by atoms with Gasteiger partial charge in [-0.1, -0.05) is 6.08 Å². The molecule has 2 atom stereocenters. The smallest absolute Gasteiger partial charge is 0.141 e. The molecule has 0 N–H and O–H groups in total. The zero-order chi connectivity index (χ0) is 8.81. The van der Waals surface area contributed by atoms with Gasteiger partial charge in [0.25, 0.3) is 0 Å². The Bertz CT molecular complexity index is 132. The molecule has 1 heterocycles. The molecule has 1 rings (SSSR count). The summed E-state index contributed by atoms with van der Waals surface area (Å²) >= 11 is 0. The average molecular weight is 174 g/mol. The molecule has 0 saturated carbocycles. The van der Waals surface area contributed by atoms with Crippen molar-refractivity contribution >= 4 is 0 Å². The predicted octanol–water partition coefficient (Wildman–Crippen LogP) is 1.71. The topological polar surface area (TPSA) is 18.5 Å². The van der Waals surface area contributed by atoms with Crippen molar-refractivity contribution in [3.8, 4) is 0 Å². The van der Waals surface area contributed by atoms with Crippen LogP contribution in [0.4, 0.5) is 4.39 Å². The third-order valence-corrected chi connectivity index (χ3v) is 1.86. The van der Waals surface area contributed by atoms with Crippen molar-refractivity contribution in [2.45, 2.75) is 25.1 Å². The van der Waals surface area contributed by atoms with E-state index in [1.165, 1.54) is 6.08 Å². The van der Waals surface area contributed by atoms with Gasteiger partial charge in [-0.2, -0.15) is 0 Å². The average Bonchev–Trinajstić information content (AvgIpc) is 2.57. The third kappa shape index (κ3) is 3.32. The maximum absolute atomic E-state index is 12.5. The molecule has 1 aliphatic heterocycles. The molecule has 3 heteroatoms. The molecule has 70 valence electrons. The Hall–Kier alpha value is -0.410. The van der Waals surface area contributed by atoms with Gasteiger partial charge in [-0.15, -0.1) is 6.58 Å². The van der Waals surface area contributed by atoms with Crippen LogP contribution in [0.15, 0.2) is 12.7 Å². The Morgan fingerprint density at radius 2 is 2.58 bits per heavy atom. The Kier molecular flexibility index (Phi) is 4.25. The van der Waals surface area contributed by atoms with E-state index < -0.39 is 6.17 Å². The highest BCUT2D eigenvalue weighted by molar-refractivity contribution is 4.78. The van der Waals surface area contributed by atoms with E-state index in [2.05, 4.69) is 6.58 Å². The Labute approximate surface area is 72.4 Å². The maximum atomic E-state index is 12.5. The second-order valence-corrected chi connectivity index (χ2v) is 2.92. The van der Waals surface area contributed by atoms with E-state index in [0.29, 0.717) is 6.61 Å². The minimum absolute atomic E-state index is 0.101. The van der Waals surface area contributed by atoms with Crippen LogP contribution in [0.3, 0.4) is 0 Å². The molecule has 2 unspecified atom stereocenters. The van der Waals surface area contributed by atoms with E-state index in [4.69, 9.17) is 9.47 Å². The van der Waals surface area contributed by atoms with Gasteiger partial charge in [0.2, 0.25) is 0 Å². The summed E-state index contributed by atoms with van der Waals surface area (Å²) in [5, 5.41) is 0. The summed E-state index contributed by atoms with van der Waals surface area (Å²) in [6, 6.07) is 0. The molecule has 0 radical (unpaired) electrons. The van der Waals surface area contributed by atoms with Crippen LogP contribution in [-0.2, 0) is 9.47 Å². The van der Waals surface area contributed by atoms with Crippen LogP contribution in [0.5, 0.6) is 0 Å². The van der Waals surface area contributed by atoms with Crippen LogP contribution >= 0.6 is 0 Å². The van der Waals surface area contributed by atoms with Gasteiger partial charge in [0.15, 0.2) is 0 Å². The number of hydrogen-bond acceptors (Lipinski definition) is 2. The first-order chi connectivity index (χ1) is 5.83. The standard InChI is InChI=1S/C9H15FO2/c1-2-8(10)6-11-7-9-4-3-5-12-9/h2,8-9H,1,3-7H2. The highest BCUT2D eigenvalue weighted by Crippen LogP contribution is 2.12. The summed E-state index contributed by atoms with van der Waals surface area (Å²) in [5.74, 6) is 0. The molecule has 1 aliphatic rings. The van der Waals surface area contributed by atoms with Gasteiger partial charge in [0.05, 0.1) is 19.3 Å². The van der Waals surface area contributed by atoms with Crippen LogP contribution in [-0.4, -0.2) is 32.1 Å². The van der Waals surface area contributed by atoms with Gasteiger partial charge in [0, 0.05) is 6.61 Å². The van der Waals surface area contributed by atoms with Crippen molar-refractivity contribution in [3.05, 3.63) is 12.7 Å². The molecule has 0 aromatic heterocycles. The highest BCUT2D eigenvalue weighted by atomic mass is 19.1. The first-order valence-electron chi connectivity index (χ1n) is 4.29. The lowest BCUT2D eigenvalue weighted by atomic mass is 10.2. The number of halogens is 1. The Morgan fingerprint density at radius 1 is 1.75 bits per heavy atom. The molecule has 12 heavy (non-hydrogen) atoms. The van der Waals surface area contributed by atoms with Crippen LogP contribution in [0.25, 0.3) is 0 Å². The lowest BCUT2D eigenvalue weighted by molar-refractivity contribution is 0.00593. The lowest BCUT2D eigenvalue weighted by Gasteiger charge is -2.10. The van der Waals surface area contributed by atoms with Crippen molar-refractivity contribution in [3.63, 3.8) is 0 Å². The van der Waals surface area contributed by atoms with Crippen molar-refractivity contribution in [1.29, 1.82) is 0 Å². The fraction of sp³-hybridized carbons (Fsp3) is 0.778. The highest BCUT2D eigenvalue weighted by Gasteiger charge is 2.15. The van der Waals surface area contributed by atoms with E-state index in [1.807, 2.05) is 0 Å². The van der Waals surface area contributed by atoms with E-state index >= 15 is 0 Å². The van der Waals surface area contributed by atoms with Gasteiger partial charge >= 0.3 is 0 Å². The lowest BCUT2D eigenvalue weighted by Crippen LogP contribution is -2.17. The fourth-order valence-corrected chi connectivity index (χ4v) is 1.16. The number of rotatable bonds is 5. The van der Waals surface area contributed by atoms with E-state index in [-0.39, 0.29) is 12.7 Å².